The highest BCUT2D eigenvalue weighted by Crippen LogP contribution is 2.21. The predicted octanol–water partition coefficient (Wildman–Crippen LogP) is 3.19. The number of carbonyl (C=O) groups excluding carboxylic acids is 2. The number of rotatable bonds is 5. The molecule has 0 aliphatic rings. The predicted molar refractivity (Wildman–Crippen MR) is 94.8 cm³/mol. The first kappa shape index (κ1) is 18.0. The largest absolute Gasteiger partial charge is 0.341 e. The van der Waals surface area contributed by atoms with E-state index in [1.54, 1.807) is 12.1 Å². The number of halogens is 1. The first-order valence-corrected chi connectivity index (χ1v) is 7.98. The molecule has 0 radical (unpaired) electrons. The Balaban J connectivity index is 2.20. The average molecular weight is 346 g/mol. The molecule has 3 amide bonds. The fourth-order valence-electron chi connectivity index (χ4n) is 2.31. The lowest BCUT2D eigenvalue weighted by Gasteiger charge is -2.23. The number of benzene rings is 2. The van der Waals surface area contributed by atoms with Crippen LogP contribution < -0.4 is 16.0 Å². The van der Waals surface area contributed by atoms with Gasteiger partial charge < -0.3 is 5.32 Å². The topological polar surface area (TPSA) is 70.2 Å². The van der Waals surface area contributed by atoms with Crippen LogP contribution in [0, 0.1) is 0 Å². The van der Waals surface area contributed by atoms with Gasteiger partial charge in [-0.15, -0.1) is 0 Å². The van der Waals surface area contributed by atoms with Crippen LogP contribution in [0.15, 0.2) is 54.6 Å². The quantitative estimate of drug-likeness (QED) is 0.779. The Morgan fingerprint density at radius 2 is 1.58 bits per heavy atom. The van der Waals surface area contributed by atoms with Crippen molar-refractivity contribution >= 4 is 23.5 Å². The molecule has 0 aromatic heterocycles. The van der Waals surface area contributed by atoms with Gasteiger partial charge in [-0.1, -0.05) is 54.1 Å². The molecule has 2 aromatic carbocycles. The van der Waals surface area contributed by atoms with Gasteiger partial charge in [0.25, 0.3) is 0 Å². The number of imide groups is 1. The molecular formula is C18H20ClN3O2. The maximum Gasteiger partial charge on any atom is 0.321 e. The zero-order valence-corrected chi connectivity index (χ0v) is 14.3. The second kappa shape index (κ2) is 8.47. The maximum atomic E-state index is 12.5. The van der Waals surface area contributed by atoms with Gasteiger partial charge in [-0.3, -0.25) is 15.4 Å². The fraction of sp³-hybridized carbons (Fsp3) is 0.222. The van der Waals surface area contributed by atoms with Gasteiger partial charge in [0, 0.05) is 18.1 Å². The van der Waals surface area contributed by atoms with Gasteiger partial charge >= 0.3 is 6.03 Å². The second-order valence-electron chi connectivity index (χ2n) is 5.35. The standard InChI is InChI=1S/C18H20ClN3O2/c1-12(13-8-10-15(19)11-9-13)21-16(14-6-4-3-5-7-14)17(23)22-18(24)20-2/h3-12,16,21H,1-2H3,(H2,20,22,23,24)/t12-,16-/m1/s1. The molecule has 0 bridgehead atoms. The number of hydrogen-bond acceptors (Lipinski definition) is 3. The van der Waals surface area contributed by atoms with Crippen LogP contribution in [0.5, 0.6) is 0 Å². The molecule has 0 aliphatic carbocycles. The molecule has 6 heteroatoms. The number of amides is 3. The van der Waals surface area contributed by atoms with E-state index in [1.807, 2.05) is 49.4 Å². The molecule has 0 spiro atoms. The first-order valence-electron chi connectivity index (χ1n) is 7.60. The lowest BCUT2D eigenvalue weighted by atomic mass is 10.0. The van der Waals surface area contributed by atoms with Crippen molar-refractivity contribution < 1.29 is 9.59 Å². The molecule has 0 saturated heterocycles. The maximum absolute atomic E-state index is 12.5. The zero-order chi connectivity index (χ0) is 17.5. The minimum absolute atomic E-state index is 0.108. The fourth-order valence-corrected chi connectivity index (χ4v) is 2.44. The van der Waals surface area contributed by atoms with E-state index in [0.717, 1.165) is 11.1 Å². The van der Waals surface area contributed by atoms with Crippen molar-refractivity contribution in [3.05, 3.63) is 70.7 Å². The smallest absolute Gasteiger partial charge is 0.321 e. The lowest BCUT2D eigenvalue weighted by Crippen LogP contribution is -2.44. The minimum Gasteiger partial charge on any atom is -0.341 e. The van der Waals surface area contributed by atoms with Crippen LogP contribution in [0.2, 0.25) is 5.02 Å². The molecule has 2 atom stereocenters. The highest BCUT2D eigenvalue weighted by molar-refractivity contribution is 6.30. The Kier molecular flexibility index (Phi) is 6.35. The van der Waals surface area contributed by atoms with E-state index in [9.17, 15) is 9.59 Å². The van der Waals surface area contributed by atoms with E-state index in [1.165, 1.54) is 7.05 Å². The summed E-state index contributed by atoms with van der Waals surface area (Å²) in [5.74, 6) is -0.415. The SMILES string of the molecule is CNC(=O)NC(=O)[C@H](N[C@H](C)c1ccc(Cl)cc1)c1ccccc1. The van der Waals surface area contributed by atoms with E-state index in [-0.39, 0.29) is 6.04 Å². The molecular weight excluding hydrogens is 326 g/mol. The summed E-state index contributed by atoms with van der Waals surface area (Å²) < 4.78 is 0. The molecule has 0 saturated carbocycles. The van der Waals surface area contributed by atoms with Gasteiger partial charge in [-0.2, -0.15) is 0 Å². The first-order chi connectivity index (χ1) is 11.5. The molecule has 3 N–H and O–H groups in total. The molecule has 24 heavy (non-hydrogen) atoms. The van der Waals surface area contributed by atoms with Crippen LogP contribution in [0.4, 0.5) is 4.79 Å². The van der Waals surface area contributed by atoms with Crippen molar-refractivity contribution in [2.24, 2.45) is 0 Å². The van der Waals surface area contributed by atoms with Crippen molar-refractivity contribution in [2.45, 2.75) is 19.0 Å². The Morgan fingerprint density at radius 3 is 2.17 bits per heavy atom. The van der Waals surface area contributed by atoms with Crippen molar-refractivity contribution in [3.8, 4) is 0 Å². The number of carbonyl (C=O) groups is 2. The van der Waals surface area contributed by atoms with Crippen LogP contribution in [0.3, 0.4) is 0 Å². The highest BCUT2D eigenvalue weighted by Gasteiger charge is 2.24. The van der Waals surface area contributed by atoms with Crippen LogP contribution >= 0.6 is 11.6 Å². The highest BCUT2D eigenvalue weighted by atomic mass is 35.5. The molecule has 126 valence electrons. The Bertz CT molecular complexity index is 689. The van der Waals surface area contributed by atoms with E-state index in [2.05, 4.69) is 16.0 Å². The summed E-state index contributed by atoms with van der Waals surface area (Å²) >= 11 is 5.91. The van der Waals surface area contributed by atoms with Gasteiger partial charge in [0.05, 0.1) is 0 Å². The van der Waals surface area contributed by atoms with Crippen LogP contribution in [0.1, 0.15) is 30.1 Å². The summed E-state index contributed by atoms with van der Waals surface area (Å²) in [6.07, 6.45) is 0. The number of urea groups is 1. The monoisotopic (exact) mass is 345 g/mol. The van der Waals surface area contributed by atoms with Crippen molar-refractivity contribution in [1.29, 1.82) is 0 Å². The van der Waals surface area contributed by atoms with Gasteiger partial charge in [0.1, 0.15) is 6.04 Å². The van der Waals surface area contributed by atoms with Gasteiger partial charge in [0.15, 0.2) is 0 Å². The van der Waals surface area contributed by atoms with Crippen molar-refractivity contribution in [1.82, 2.24) is 16.0 Å². The summed E-state index contributed by atoms with van der Waals surface area (Å²) in [4.78, 5) is 23.9. The van der Waals surface area contributed by atoms with Crippen LogP contribution in [0.25, 0.3) is 0 Å². The molecule has 0 heterocycles. The second-order valence-corrected chi connectivity index (χ2v) is 5.79. The van der Waals surface area contributed by atoms with Gasteiger partial charge in [-0.25, -0.2) is 4.79 Å². The van der Waals surface area contributed by atoms with Crippen LogP contribution in [-0.2, 0) is 4.79 Å². The van der Waals surface area contributed by atoms with E-state index in [4.69, 9.17) is 11.6 Å². The lowest BCUT2D eigenvalue weighted by molar-refractivity contribution is -0.122. The molecule has 0 aliphatic heterocycles. The third kappa shape index (κ3) is 4.81. The normalized spacial score (nSPS) is 13.0. The summed E-state index contributed by atoms with van der Waals surface area (Å²) in [5.41, 5.74) is 1.77. The summed E-state index contributed by atoms with van der Waals surface area (Å²) in [7, 11) is 1.46. The van der Waals surface area contributed by atoms with Crippen molar-refractivity contribution in [2.75, 3.05) is 7.05 Å². The summed E-state index contributed by atoms with van der Waals surface area (Å²) in [6.45, 7) is 1.95. The van der Waals surface area contributed by atoms with Crippen LogP contribution in [-0.4, -0.2) is 19.0 Å². The molecule has 0 unspecified atom stereocenters. The summed E-state index contributed by atoms with van der Waals surface area (Å²) in [6, 6.07) is 15.4. The van der Waals surface area contributed by atoms with Gasteiger partial charge in [-0.05, 0) is 30.2 Å². The Labute approximate surface area is 146 Å². The minimum atomic E-state index is -0.658. The zero-order valence-electron chi connectivity index (χ0n) is 13.5. The number of hydrogen-bond donors (Lipinski definition) is 3. The van der Waals surface area contributed by atoms with E-state index >= 15 is 0 Å². The Morgan fingerprint density at radius 1 is 0.958 bits per heavy atom. The number of nitrogens with one attached hydrogen (secondary N) is 3. The Hall–Kier alpha value is -2.37. The van der Waals surface area contributed by atoms with E-state index in [0.29, 0.717) is 5.02 Å². The molecule has 0 fully saturated rings. The third-order valence-electron chi connectivity index (χ3n) is 3.65. The summed E-state index contributed by atoms with van der Waals surface area (Å²) in [5, 5.41) is 8.62. The van der Waals surface area contributed by atoms with Gasteiger partial charge in [0.2, 0.25) is 5.91 Å². The van der Waals surface area contributed by atoms with E-state index < -0.39 is 18.0 Å². The molecule has 2 aromatic rings. The molecule has 2 rings (SSSR count). The average Bonchev–Trinajstić information content (AvgIpc) is 2.60. The molecule has 5 nitrogen and oxygen atoms in total. The van der Waals surface area contributed by atoms with Crippen molar-refractivity contribution in [3.63, 3.8) is 0 Å². The third-order valence-corrected chi connectivity index (χ3v) is 3.90.